The quantitative estimate of drug-likeness (QED) is 0.621. The first-order chi connectivity index (χ1) is 8.37. The third-order valence-corrected chi connectivity index (χ3v) is 4.86. The number of halogens is 3. The molecule has 102 valence electrons. The van der Waals surface area contributed by atoms with Crippen molar-refractivity contribution in [1.29, 1.82) is 0 Å². The molecule has 1 rings (SSSR count). The second-order valence-corrected chi connectivity index (χ2v) is 6.76. The highest BCUT2D eigenvalue weighted by molar-refractivity contribution is 7.89. The first-order valence-corrected chi connectivity index (χ1v) is 7.90. The van der Waals surface area contributed by atoms with Gasteiger partial charge in [-0.3, -0.25) is 0 Å². The summed E-state index contributed by atoms with van der Waals surface area (Å²) in [6.45, 7) is 0.653. The fourth-order valence-corrected chi connectivity index (χ4v) is 2.55. The Morgan fingerprint density at radius 3 is 2.39 bits per heavy atom. The Morgan fingerprint density at radius 1 is 1.17 bits per heavy atom. The standard InChI is InChI=1S/C10H13Cl3N2O2S/c1-14-18(16,17)5-4-15-6-7-8(11)2-3-9(12)10(7)13/h2-3,14-15H,4-6H2,1H3. The molecule has 0 saturated heterocycles. The van der Waals surface area contributed by atoms with Gasteiger partial charge in [-0.25, -0.2) is 13.1 Å². The average Bonchev–Trinajstić information content (AvgIpc) is 2.33. The molecule has 0 aliphatic carbocycles. The van der Waals surface area contributed by atoms with Gasteiger partial charge in [0.2, 0.25) is 10.0 Å². The average molecular weight is 332 g/mol. The summed E-state index contributed by atoms with van der Waals surface area (Å²) in [5, 5.41) is 4.25. The van der Waals surface area contributed by atoms with E-state index in [9.17, 15) is 8.42 Å². The van der Waals surface area contributed by atoms with Crippen molar-refractivity contribution in [3.8, 4) is 0 Å². The van der Waals surface area contributed by atoms with Crippen LogP contribution in [0.3, 0.4) is 0 Å². The zero-order valence-electron chi connectivity index (χ0n) is 9.63. The van der Waals surface area contributed by atoms with Gasteiger partial charge in [0.15, 0.2) is 0 Å². The lowest BCUT2D eigenvalue weighted by molar-refractivity contribution is 0.583. The van der Waals surface area contributed by atoms with Crippen LogP contribution in [0.15, 0.2) is 12.1 Å². The van der Waals surface area contributed by atoms with Crippen LogP contribution in [0.1, 0.15) is 5.56 Å². The number of sulfonamides is 1. The van der Waals surface area contributed by atoms with Crippen LogP contribution in [0.5, 0.6) is 0 Å². The highest BCUT2D eigenvalue weighted by Crippen LogP contribution is 2.31. The zero-order valence-corrected chi connectivity index (χ0v) is 12.7. The summed E-state index contributed by atoms with van der Waals surface area (Å²) in [6.07, 6.45) is 0. The maximum atomic E-state index is 11.2. The molecule has 0 heterocycles. The second-order valence-electron chi connectivity index (χ2n) is 3.52. The van der Waals surface area contributed by atoms with E-state index < -0.39 is 10.0 Å². The van der Waals surface area contributed by atoms with Gasteiger partial charge in [-0.15, -0.1) is 0 Å². The van der Waals surface area contributed by atoms with E-state index in [1.807, 2.05) is 0 Å². The molecule has 4 nitrogen and oxygen atoms in total. The fourth-order valence-electron chi connectivity index (χ4n) is 1.25. The van der Waals surface area contributed by atoms with Gasteiger partial charge >= 0.3 is 0 Å². The van der Waals surface area contributed by atoms with E-state index in [0.29, 0.717) is 33.7 Å². The first kappa shape index (κ1) is 16.0. The Balaban J connectivity index is 2.57. The van der Waals surface area contributed by atoms with E-state index in [1.54, 1.807) is 12.1 Å². The smallest absolute Gasteiger partial charge is 0.212 e. The summed E-state index contributed by atoms with van der Waals surface area (Å²) in [7, 11) is -1.83. The largest absolute Gasteiger partial charge is 0.312 e. The van der Waals surface area contributed by atoms with E-state index in [1.165, 1.54) is 7.05 Å². The molecule has 0 fully saturated rings. The van der Waals surface area contributed by atoms with Crippen LogP contribution in [0.25, 0.3) is 0 Å². The molecule has 0 atom stereocenters. The highest BCUT2D eigenvalue weighted by Gasteiger charge is 2.10. The van der Waals surface area contributed by atoms with E-state index in [0.717, 1.165) is 0 Å². The predicted octanol–water partition coefficient (Wildman–Crippen LogP) is 2.29. The second kappa shape index (κ2) is 6.93. The Bertz CT molecular complexity index is 520. The van der Waals surface area contributed by atoms with Crippen LogP contribution in [0.2, 0.25) is 15.1 Å². The summed E-state index contributed by atoms with van der Waals surface area (Å²) in [6, 6.07) is 3.26. The minimum absolute atomic E-state index is 0.0146. The maximum absolute atomic E-state index is 11.2. The van der Waals surface area contributed by atoms with Crippen LogP contribution in [-0.2, 0) is 16.6 Å². The van der Waals surface area contributed by atoms with Gasteiger partial charge in [-0.1, -0.05) is 34.8 Å². The minimum atomic E-state index is -3.21. The van der Waals surface area contributed by atoms with E-state index in [-0.39, 0.29) is 5.75 Å². The first-order valence-electron chi connectivity index (χ1n) is 5.11. The van der Waals surface area contributed by atoms with Crippen molar-refractivity contribution in [1.82, 2.24) is 10.0 Å². The van der Waals surface area contributed by atoms with E-state index >= 15 is 0 Å². The molecule has 0 spiro atoms. The van der Waals surface area contributed by atoms with Gasteiger partial charge in [0, 0.05) is 23.7 Å². The van der Waals surface area contributed by atoms with Crippen LogP contribution in [0, 0.1) is 0 Å². The molecule has 0 amide bonds. The van der Waals surface area contributed by atoms with E-state index in [4.69, 9.17) is 34.8 Å². The molecule has 1 aromatic rings. The third kappa shape index (κ3) is 4.57. The van der Waals surface area contributed by atoms with Crippen LogP contribution >= 0.6 is 34.8 Å². The van der Waals surface area contributed by atoms with Crippen LogP contribution in [0.4, 0.5) is 0 Å². The highest BCUT2D eigenvalue weighted by atomic mass is 35.5. The monoisotopic (exact) mass is 330 g/mol. The summed E-state index contributed by atoms with van der Waals surface area (Å²) in [4.78, 5) is 0. The van der Waals surface area contributed by atoms with Crippen molar-refractivity contribution in [3.05, 3.63) is 32.8 Å². The lowest BCUT2D eigenvalue weighted by atomic mass is 10.2. The van der Waals surface area contributed by atoms with Gasteiger partial charge < -0.3 is 5.32 Å². The van der Waals surface area contributed by atoms with Gasteiger partial charge in [-0.05, 0) is 19.2 Å². The van der Waals surface area contributed by atoms with Crippen molar-refractivity contribution < 1.29 is 8.42 Å². The number of nitrogens with one attached hydrogen (secondary N) is 2. The predicted molar refractivity (Wildman–Crippen MR) is 76.0 cm³/mol. The molecule has 0 aliphatic heterocycles. The lowest BCUT2D eigenvalue weighted by Crippen LogP contribution is -2.29. The van der Waals surface area contributed by atoms with Crippen molar-refractivity contribution >= 4 is 44.8 Å². The summed E-state index contributed by atoms with van der Waals surface area (Å²) in [5.74, 6) is -0.0146. The number of benzene rings is 1. The topological polar surface area (TPSA) is 58.2 Å². The normalized spacial score (nSPS) is 11.8. The van der Waals surface area contributed by atoms with Crippen LogP contribution < -0.4 is 10.0 Å². The Morgan fingerprint density at radius 2 is 1.78 bits per heavy atom. The number of hydrogen-bond acceptors (Lipinski definition) is 3. The molecule has 2 N–H and O–H groups in total. The third-order valence-electron chi connectivity index (χ3n) is 2.30. The molecular formula is C10H13Cl3N2O2S. The Hall–Kier alpha value is -0.0400. The molecule has 0 aromatic heterocycles. The maximum Gasteiger partial charge on any atom is 0.212 e. The van der Waals surface area contributed by atoms with E-state index in [2.05, 4.69) is 10.0 Å². The molecule has 18 heavy (non-hydrogen) atoms. The van der Waals surface area contributed by atoms with Crippen LogP contribution in [-0.4, -0.2) is 27.8 Å². The number of rotatable bonds is 6. The molecule has 0 unspecified atom stereocenters. The summed E-state index contributed by atoms with van der Waals surface area (Å²) >= 11 is 17.9. The summed E-state index contributed by atoms with van der Waals surface area (Å²) < 4.78 is 24.6. The number of hydrogen-bond donors (Lipinski definition) is 2. The van der Waals surface area contributed by atoms with Gasteiger partial charge in [0.25, 0.3) is 0 Å². The molecular weight excluding hydrogens is 319 g/mol. The van der Waals surface area contributed by atoms with Gasteiger partial charge in [0.05, 0.1) is 15.8 Å². The minimum Gasteiger partial charge on any atom is -0.312 e. The molecule has 0 bridgehead atoms. The van der Waals surface area contributed by atoms with Gasteiger partial charge in [0.1, 0.15) is 0 Å². The molecule has 8 heteroatoms. The Labute approximate surface area is 122 Å². The molecule has 1 aromatic carbocycles. The van der Waals surface area contributed by atoms with Crippen molar-refractivity contribution in [2.24, 2.45) is 0 Å². The van der Waals surface area contributed by atoms with Crippen molar-refractivity contribution in [2.45, 2.75) is 6.54 Å². The SMILES string of the molecule is CNS(=O)(=O)CCNCc1c(Cl)ccc(Cl)c1Cl. The van der Waals surface area contributed by atoms with Crippen molar-refractivity contribution in [3.63, 3.8) is 0 Å². The molecule has 0 aliphatic rings. The van der Waals surface area contributed by atoms with Crippen molar-refractivity contribution in [2.75, 3.05) is 19.3 Å². The lowest BCUT2D eigenvalue weighted by Gasteiger charge is -2.10. The molecule has 0 radical (unpaired) electrons. The zero-order chi connectivity index (χ0) is 13.8. The van der Waals surface area contributed by atoms with Gasteiger partial charge in [-0.2, -0.15) is 0 Å². The fraction of sp³-hybridized carbons (Fsp3) is 0.400. The molecule has 0 saturated carbocycles. The summed E-state index contributed by atoms with van der Waals surface area (Å²) in [5.41, 5.74) is 0.660. The Kier molecular flexibility index (Phi) is 6.17.